The van der Waals surface area contributed by atoms with Crippen LogP contribution in [0.25, 0.3) is 0 Å². The van der Waals surface area contributed by atoms with E-state index in [1.165, 1.54) is 11.6 Å². The second kappa shape index (κ2) is 11.5. The maximum absolute atomic E-state index is 12.0. The standard InChI is InChI=1S/C27H43N9O2/c1-3-24(37)35-9-6-18(7-10-35)21-4-5-22-25(34-21)26(31-15-29-22)33-19-12-17(2)27(28-14-19)38-20-8-11-36-23(13-20)30-16-32-36/h3,6,8,11,13,17,19,21-23,25-34H,1,4-5,7,9-10,12,14-16H2,2H3. The first kappa shape index (κ1) is 26.0. The molecular formula is C27H43N9O2. The molecule has 4 saturated heterocycles. The van der Waals surface area contributed by atoms with Gasteiger partial charge in [-0.2, -0.15) is 0 Å². The lowest BCUT2D eigenvalue weighted by molar-refractivity contribution is -0.125. The van der Waals surface area contributed by atoms with E-state index in [0.29, 0.717) is 36.6 Å². The summed E-state index contributed by atoms with van der Waals surface area (Å²) >= 11 is 0. The molecule has 6 rings (SSSR count). The quantitative estimate of drug-likeness (QED) is 0.178. The van der Waals surface area contributed by atoms with E-state index in [4.69, 9.17) is 4.74 Å². The second-order valence-corrected chi connectivity index (χ2v) is 11.3. The van der Waals surface area contributed by atoms with E-state index in [0.717, 1.165) is 57.9 Å². The molecule has 6 heterocycles. The van der Waals surface area contributed by atoms with Crippen LogP contribution in [0.2, 0.25) is 0 Å². The molecule has 11 nitrogen and oxygen atoms in total. The Balaban J connectivity index is 1.02. The molecule has 0 saturated carbocycles. The Bertz CT molecular complexity index is 984. The van der Waals surface area contributed by atoms with Gasteiger partial charge in [0.05, 0.1) is 18.9 Å². The summed E-state index contributed by atoms with van der Waals surface area (Å²) in [4.78, 5) is 13.8. The minimum atomic E-state index is 0.00144. The fourth-order valence-corrected chi connectivity index (χ4v) is 6.69. The maximum atomic E-state index is 12.0. The molecule has 8 unspecified atom stereocenters. The van der Waals surface area contributed by atoms with Gasteiger partial charge in [0.2, 0.25) is 5.91 Å². The van der Waals surface area contributed by atoms with Crippen LogP contribution in [-0.4, -0.2) is 91.5 Å². The molecule has 4 fully saturated rings. The van der Waals surface area contributed by atoms with E-state index in [2.05, 4.69) is 68.0 Å². The molecule has 8 atom stereocenters. The number of hydrazine groups is 1. The molecule has 6 aliphatic heterocycles. The molecule has 208 valence electrons. The van der Waals surface area contributed by atoms with Crippen molar-refractivity contribution in [3.05, 3.63) is 48.4 Å². The fraction of sp³-hybridized carbons (Fsp3) is 0.667. The topological polar surface area (TPSA) is 117 Å². The van der Waals surface area contributed by atoms with Crippen molar-refractivity contribution in [3.8, 4) is 0 Å². The van der Waals surface area contributed by atoms with Gasteiger partial charge < -0.3 is 15.0 Å². The Morgan fingerprint density at radius 2 is 2.13 bits per heavy atom. The van der Waals surface area contributed by atoms with Gasteiger partial charge in [-0.1, -0.05) is 25.2 Å². The average molecular weight is 526 g/mol. The molecule has 11 heteroatoms. The van der Waals surface area contributed by atoms with Crippen molar-refractivity contribution in [1.82, 2.24) is 47.2 Å². The van der Waals surface area contributed by atoms with Gasteiger partial charge in [-0.3, -0.25) is 36.4 Å². The molecule has 0 aromatic carbocycles. The van der Waals surface area contributed by atoms with E-state index in [1.807, 2.05) is 17.2 Å². The Morgan fingerprint density at radius 1 is 1.21 bits per heavy atom. The van der Waals surface area contributed by atoms with Crippen LogP contribution in [0.5, 0.6) is 0 Å². The molecule has 7 N–H and O–H groups in total. The smallest absolute Gasteiger partial charge is 0.246 e. The van der Waals surface area contributed by atoms with Crippen LogP contribution in [0, 0.1) is 5.92 Å². The molecule has 38 heavy (non-hydrogen) atoms. The normalized spacial score (nSPS) is 39.1. The summed E-state index contributed by atoms with van der Waals surface area (Å²) in [6.45, 7) is 9.79. The summed E-state index contributed by atoms with van der Waals surface area (Å²) in [6.07, 6.45) is 14.4. The van der Waals surface area contributed by atoms with Crippen LogP contribution in [0.15, 0.2) is 48.4 Å². The molecule has 0 bridgehead atoms. The molecule has 0 aliphatic carbocycles. The van der Waals surface area contributed by atoms with Gasteiger partial charge in [0.15, 0.2) is 6.23 Å². The lowest BCUT2D eigenvalue weighted by atomic mass is 9.85. The number of ether oxygens (including phenoxy) is 1. The summed E-state index contributed by atoms with van der Waals surface area (Å²) in [6, 6.07) is 1.47. The van der Waals surface area contributed by atoms with Crippen LogP contribution >= 0.6 is 0 Å². The maximum Gasteiger partial charge on any atom is 0.246 e. The lowest BCUT2D eigenvalue weighted by Gasteiger charge is -2.48. The number of nitrogens with zero attached hydrogens (tertiary/aromatic N) is 2. The van der Waals surface area contributed by atoms with Gasteiger partial charge in [0.25, 0.3) is 0 Å². The van der Waals surface area contributed by atoms with Crippen LogP contribution in [0.4, 0.5) is 0 Å². The highest BCUT2D eigenvalue weighted by Crippen LogP contribution is 2.27. The number of amides is 1. The summed E-state index contributed by atoms with van der Waals surface area (Å²) in [7, 11) is 0. The van der Waals surface area contributed by atoms with E-state index in [9.17, 15) is 4.79 Å². The Kier molecular flexibility index (Phi) is 7.85. The number of piperidine rings is 2. The molecule has 0 aromatic rings. The predicted molar refractivity (Wildman–Crippen MR) is 146 cm³/mol. The van der Waals surface area contributed by atoms with Crippen LogP contribution in [0.1, 0.15) is 32.6 Å². The van der Waals surface area contributed by atoms with Crippen molar-refractivity contribution in [2.45, 2.75) is 75.3 Å². The molecule has 0 aromatic heterocycles. The zero-order valence-corrected chi connectivity index (χ0v) is 22.3. The first-order valence-corrected chi connectivity index (χ1v) is 14.2. The zero-order chi connectivity index (χ0) is 26.1. The van der Waals surface area contributed by atoms with E-state index < -0.39 is 0 Å². The Labute approximate surface area is 225 Å². The van der Waals surface area contributed by atoms with E-state index in [-0.39, 0.29) is 24.5 Å². The van der Waals surface area contributed by atoms with Crippen LogP contribution < -0.4 is 37.3 Å². The van der Waals surface area contributed by atoms with Crippen molar-refractivity contribution in [1.29, 1.82) is 0 Å². The monoisotopic (exact) mass is 525 g/mol. The van der Waals surface area contributed by atoms with Gasteiger partial charge in [-0.05, 0) is 43.9 Å². The summed E-state index contributed by atoms with van der Waals surface area (Å²) in [5.41, 5.74) is 4.70. The predicted octanol–water partition coefficient (Wildman–Crippen LogP) is -0.668. The number of allylic oxidation sites excluding steroid dienone is 1. The number of hydrogen-bond acceptors (Lipinski definition) is 10. The van der Waals surface area contributed by atoms with Gasteiger partial charge >= 0.3 is 0 Å². The van der Waals surface area contributed by atoms with Gasteiger partial charge in [-0.25, -0.2) is 5.43 Å². The van der Waals surface area contributed by atoms with Crippen LogP contribution in [-0.2, 0) is 9.53 Å². The molecule has 1 amide bonds. The van der Waals surface area contributed by atoms with Gasteiger partial charge in [-0.15, -0.1) is 0 Å². The minimum absolute atomic E-state index is 0.00144. The molecule has 6 aliphatic rings. The third kappa shape index (κ3) is 5.55. The largest absolute Gasteiger partial charge is 0.475 e. The van der Waals surface area contributed by atoms with Crippen molar-refractivity contribution in [2.24, 2.45) is 5.92 Å². The van der Waals surface area contributed by atoms with E-state index in [1.54, 1.807) is 0 Å². The zero-order valence-electron chi connectivity index (χ0n) is 22.3. The lowest BCUT2D eigenvalue weighted by Crippen LogP contribution is -2.74. The fourth-order valence-electron chi connectivity index (χ4n) is 6.69. The number of carbonyl (C=O) groups is 1. The first-order chi connectivity index (χ1) is 18.6. The first-order valence-electron chi connectivity index (χ1n) is 14.2. The molecule has 0 radical (unpaired) electrons. The van der Waals surface area contributed by atoms with E-state index >= 15 is 0 Å². The van der Waals surface area contributed by atoms with Crippen molar-refractivity contribution < 1.29 is 9.53 Å². The second-order valence-electron chi connectivity index (χ2n) is 11.3. The highest BCUT2D eigenvalue weighted by molar-refractivity contribution is 5.87. The molecular weight excluding hydrogens is 482 g/mol. The Morgan fingerprint density at radius 3 is 2.95 bits per heavy atom. The average Bonchev–Trinajstić information content (AvgIpc) is 3.42. The SMILES string of the molecule is C=CC(=O)N1CC=C(C2CCC3NCNC(NC4CNC(OC5=CC6NCNN6C=C5)C(C)C4)C3N2)CC1. The van der Waals surface area contributed by atoms with Gasteiger partial charge in [0, 0.05) is 56.5 Å². The summed E-state index contributed by atoms with van der Waals surface area (Å²) in [5, 5.41) is 24.3. The van der Waals surface area contributed by atoms with Gasteiger partial charge in [0.1, 0.15) is 11.9 Å². The number of rotatable bonds is 6. The van der Waals surface area contributed by atoms with Crippen LogP contribution in [0.3, 0.4) is 0 Å². The third-order valence-corrected chi connectivity index (χ3v) is 8.83. The Hall–Kier alpha value is -2.25. The van der Waals surface area contributed by atoms with Crippen molar-refractivity contribution >= 4 is 5.91 Å². The number of carbonyl (C=O) groups excluding carboxylic acids is 1. The summed E-state index contributed by atoms with van der Waals surface area (Å²) < 4.78 is 6.35. The molecule has 0 spiro atoms. The van der Waals surface area contributed by atoms with Crippen molar-refractivity contribution in [3.63, 3.8) is 0 Å². The summed E-state index contributed by atoms with van der Waals surface area (Å²) in [5.74, 6) is 1.31. The third-order valence-electron chi connectivity index (χ3n) is 8.83. The minimum Gasteiger partial charge on any atom is -0.475 e. The number of hydrogen-bond donors (Lipinski definition) is 7. The number of fused-ring (bicyclic) bond motifs is 2. The highest BCUT2D eigenvalue weighted by atomic mass is 16.5. The number of nitrogens with one attached hydrogen (secondary N) is 7. The van der Waals surface area contributed by atoms with Crippen molar-refractivity contribution in [2.75, 3.05) is 33.0 Å². The highest BCUT2D eigenvalue weighted by Gasteiger charge is 2.40.